The third kappa shape index (κ3) is 8.97. The van der Waals surface area contributed by atoms with Crippen LogP contribution in [0.25, 0.3) is 0 Å². The molecule has 122 valence electrons. The third-order valence-electron chi connectivity index (χ3n) is 3.03. The summed E-state index contributed by atoms with van der Waals surface area (Å²) in [5, 5.41) is 12.3. The summed E-state index contributed by atoms with van der Waals surface area (Å²) in [7, 11) is 0. The maximum Gasteiger partial charge on any atom is 0.119 e. The molecule has 21 heavy (non-hydrogen) atoms. The first-order valence-corrected chi connectivity index (χ1v) is 7.29. The van der Waals surface area contributed by atoms with Crippen molar-refractivity contribution in [3.63, 3.8) is 0 Å². The van der Waals surface area contributed by atoms with Gasteiger partial charge in [0.15, 0.2) is 0 Å². The Morgan fingerprint density at radius 3 is 2.10 bits per heavy atom. The maximum absolute atomic E-state index is 8.71. The zero-order valence-corrected chi connectivity index (χ0v) is 14.7. The number of benzene rings is 1. The highest BCUT2D eigenvalue weighted by Gasteiger charge is 2.24. The van der Waals surface area contributed by atoms with E-state index < -0.39 is 0 Å². The average Bonchev–Trinajstić information content (AvgIpc) is 2.32. The van der Waals surface area contributed by atoms with E-state index >= 15 is 0 Å². The zero-order valence-electron chi connectivity index (χ0n) is 13.9. The van der Waals surface area contributed by atoms with Crippen molar-refractivity contribution in [2.45, 2.75) is 53.1 Å². The highest BCUT2D eigenvalue weighted by atomic mass is 35.5. The Hall–Kier alpha value is -0.770. The Kier molecular flexibility index (Phi) is 8.30. The van der Waals surface area contributed by atoms with Crippen molar-refractivity contribution in [1.82, 2.24) is 5.32 Å². The Morgan fingerprint density at radius 2 is 1.62 bits per heavy atom. The second-order valence-corrected chi connectivity index (χ2v) is 7.19. The van der Waals surface area contributed by atoms with Gasteiger partial charge in [-0.15, -0.1) is 12.4 Å². The van der Waals surface area contributed by atoms with Gasteiger partial charge in [-0.3, -0.25) is 0 Å². The van der Waals surface area contributed by atoms with E-state index in [4.69, 9.17) is 9.84 Å². The van der Waals surface area contributed by atoms with Crippen LogP contribution in [0.1, 0.15) is 46.6 Å². The number of rotatable bonds is 7. The molecule has 3 nitrogen and oxygen atoms in total. The molecule has 2 N–H and O–H groups in total. The van der Waals surface area contributed by atoms with Crippen LogP contribution in [0.15, 0.2) is 24.3 Å². The maximum atomic E-state index is 8.71. The summed E-state index contributed by atoms with van der Waals surface area (Å²) in [5.41, 5.74) is 1.67. The van der Waals surface area contributed by atoms with Crippen LogP contribution in [-0.2, 0) is 6.54 Å². The summed E-state index contributed by atoms with van der Waals surface area (Å²) in [6, 6.07) is 8.02. The molecular formula is C17H30ClNO2. The average molecular weight is 316 g/mol. The van der Waals surface area contributed by atoms with Crippen molar-refractivity contribution < 1.29 is 9.84 Å². The fourth-order valence-corrected chi connectivity index (χ4v) is 2.60. The van der Waals surface area contributed by atoms with E-state index in [-0.39, 0.29) is 24.6 Å². The van der Waals surface area contributed by atoms with E-state index in [0.29, 0.717) is 12.0 Å². The lowest BCUT2D eigenvalue weighted by molar-refractivity contribution is 0.201. The monoisotopic (exact) mass is 315 g/mol. The molecule has 1 rings (SSSR count). The number of ether oxygens (including phenoxy) is 1. The van der Waals surface area contributed by atoms with E-state index in [0.717, 1.165) is 18.7 Å². The standard InChI is InChI=1S/C17H29NO2.ClH/c1-16(2,3)13-17(4,5)18-12-14-6-8-15(9-7-14)20-11-10-19;/h6-9,18-19H,10-13H2,1-5H3;1H. The van der Waals surface area contributed by atoms with E-state index in [1.165, 1.54) is 5.56 Å². The fraction of sp³-hybridized carbons (Fsp3) is 0.647. The molecule has 0 spiro atoms. The number of nitrogens with one attached hydrogen (secondary N) is 1. The van der Waals surface area contributed by atoms with Crippen LogP contribution in [0.2, 0.25) is 0 Å². The molecule has 0 atom stereocenters. The summed E-state index contributed by atoms with van der Waals surface area (Å²) in [6.07, 6.45) is 1.12. The van der Waals surface area contributed by atoms with Crippen molar-refractivity contribution in [2.75, 3.05) is 13.2 Å². The van der Waals surface area contributed by atoms with Gasteiger partial charge in [-0.25, -0.2) is 0 Å². The molecule has 0 bridgehead atoms. The summed E-state index contributed by atoms with van der Waals surface area (Å²) >= 11 is 0. The Bertz CT molecular complexity index is 396. The molecule has 0 aromatic heterocycles. The van der Waals surface area contributed by atoms with Gasteiger partial charge in [0.05, 0.1) is 6.61 Å². The second kappa shape index (κ2) is 8.62. The highest BCUT2D eigenvalue weighted by molar-refractivity contribution is 5.85. The van der Waals surface area contributed by atoms with Crippen LogP contribution >= 0.6 is 12.4 Å². The predicted octanol–water partition coefficient (Wildman–Crippen LogP) is 3.78. The predicted molar refractivity (Wildman–Crippen MR) is 91.3 cm³/mol. The molecule has 0 aliphatic carbocycles. The molecule has 0 radical (unpaired) electrons. The summed E-state index contributed by atoms with van der Waals surface area (Å²) < 4.78 is 5.35. The van der Waals surface area contributed by atoms with Crippen molar-refractivity contribution in [2.24, 2.45) is 5.41 Å². The van der Waals surface area contributed by atoms with E-state index in [1.807, 2.05) is 12.1 Å². The van der Waals surface area contributed by atoms with Gasteiger partial charge in [0, 0.05) is 12.1 Å². The number of hydrogen-bond donors (Lipinski definition) is 2. The molecule has 1 aromatic rings. The number of hydrogen-bond acceptors (Lipinski definition) is 3. The van der Waals surface area contributed by atoms with Gasteiger partial charge in [-0.1, -0.05) is 32.9 Å². The van der Waals surface area contributed by atoms with Crippen molar-refractivity contribution >= 4 is 12.4 Å². The third-order valence-corrected chi connectivity index (χ3v) is 3.03. The first-order chi connectivity index (χ1) is 9.22. The summed E-state index contributed by atoms with van der Waals surface area (Å²) in [4.78, 5) is 0. The van der Waals surface area contributed by atoms with Gasteiger partial charge in [0.25, 0.3) is 0 Å². The molecule has 0 saturated heterocycles. The molecule has 0 amide bonds. The number of aliphatic hydroxyl groups excluding tert-OH is 1. The smallest absolute Gasteiger partial charge is 0.119 e. The van der Waals surface area contributed by atoms with Gasteiger partial charge in [0.1, 0.15) is 12.4 Å². The normalized spacial score (nSPS) is 11.9. The molecule has 0 fully saturated rings. The second-order valence-electron chi connectivity index (χ2n) is 7.19. The number of aliphatic hydroxyl groups is 1. The van der Waals surface area contributed by atoms with Crippen LogP contribution in [0, 0.1) is 5.41 Å². The first kappa shape index (κ1) is 20.2. The lowest BCUT2D eigenvalue weighted by Gasteiger charge is -2.33. The van der Waals surface area contributed by atoms with Crippen molar-refractivity contribution in [1.29, 1.82) is 0 Å². The first-order valence-electron chi connectivity index (χ1n) is 7.29. The van der Waals surface area contributed by atoms with Crippen LogP contribution in [-0.4, -0.2) is 23.9 Å². The van der Waals surface area contributed by atoms with Crippen LogP contribution in [0.5, 0.6) is 5.75 Å². The van der Waals surface area contributed by atoms with Gasteiger partial charge >= 0.3 is 0 Å². The van der Waals surface area contributed by atoms with Gasteiger partial charge < -0.3 is 15.2 Å². The van der Waals surface area contributed by atoms with Gasteiger partial charge in [-0.2, -0.15) is 0 Å². The van der Waals surface area contributed by atoms with Crippen molar-refractivity contribution in [3.8, 4) is 5.75 Å². The molecule has 0 heterocycles. The molecule has 0 aliphatic heterocycles. The van der Waals surface area contributed by atoms with E-state index in [9.17, 15) is 0 Å². The minimum atomic E-state index is 0. The molecule has 1 aromatic carbocycles. The minimum Gasteiger partial charge on any atom is -0.491 e. The topological polar surface area (TPSA) is 41.5 Å². The zero-order chi connectivity index (χ0) is 15.2. The fourth-order valence-electron chi connectivity index (χ4n) is 2.60. The Labute approximate surface area is 135 Å². The molecule has 0 saturated carbocycles. The lowest BCUT2D eigenvalue weighted by Crippen LogP contribution is -2.41. The van der Waals surface area contributed by atoms with Gasteiger partial charge in [0.2, 0.25) is 0 Å². The van der Waals surface area contributed by atoms with Crippen LogP contribution in [0.3, 0.4) is 0 Å². The Balaban J connectivity index is 0.00000400. The molecule has 0 unspecified atom stereocenters. The number of halogens is 1. The molecule has 0 aliphatic rings. The van der Waals surface area contributed by atoms with Gasteiger partial charge in [-0.05, 0) is 43.4 Å². The van der Waals surface area contributed by atoms with E-state index in [1.54, 1.807) is 0 Å². The minimum absolute atomic E-state index is 0. The molecular weight excluding hydrogens is 286 g/mol. The largest absolute Gasteiger partial charge is 0.491 e. The SMILES string of the molecule is CC(C)(C)CC(C)(C)NCc1ccc(OCCO)cc1.Cl. The summed E-state index contributed by atoms with van der Waals surface area (Å²) in [5.74, 6) is 0.803. The Morgan fingerprint density at radius 1 is 1.05 bits per heavy atom. The van der Waals surface area contributed by atoms with E-state index in [2.05, 4.69) is 52.1 Å². The van der Waals surface area contributed by atoms with Crippen LogP contribution < -0.4 is 10.1 Å². The quantitative estimate of drug-likeness (QED) is 0.804. The molecule has 4 heteroatoms. The lowest BCUT2D eigenvalue weighted by atomic mass is 9.82. The van der Waals surface area contributed by atoms with Crippen molar-refractivity contribution in [3.05, 3.63) is 29.8 Å². The highest BCUT2D eigenvalue weighted by Crippen LogP contribution is 2.27. The van der Waals surface area contributed by atoms with Crippen LogP contribution in [0.4, 0.5) is 0 Å². The summed E-state index contributed by atoms with van der Waals surface area (Å²) in [6.45, 7) is 12.5.